The standard InChI is InChI=1S/C12H26N2O/c1-11(5-4-8-15)13-9-12-6-3-7-14(2)10-12/h11-13,15H,3-10H2,1-2H3. The van der Waals surface area contributed by atoms with E-state index >= 15 is 0 Å². The van der Waals surface area contributed by atoms with E-state index in [0.29, 0.717) is 12.6 Å². The van der Waals surface area contributed by atoms with Gasteiger partial charge in [0, 0.05) is 19.2 Å². The molecule has 3 nitrogen and oxygen atoms in total. The molecular formula is C12H26N2O. The third kappa shape index (κ3) is 5.50. The van der Waals surface area contributed by atoms with Crippen LogP contribution in [-0.2, 0) is 0 Å². The van der Waals surface area contributed by atoms with Crippen LogP contribution in [0.5, 0.6) is 0 Å². The predicted molar refractivity (Wildman–Crippen MR) is 64.0 cm³/mol. The quantitative estimate of drug-likeness (QED) is 0.694. The molecule has 0 aromatic rings. The summed E-state index contributed by atoms with van der Waals surface area (Å²) in [6.07, 6.45) is 4.70. The van der Waals surface area contributed by atoms with Crippen LogP contribution in [0.1, 0.15) is 32.6 Å². The third-order valence-electron chi connectivity index (χ3n) is 3.27. The number of aliphatic hydroxyl groups is 1. The predicted octanol–water partition coefficient (Wildman–Crippen LogP) is 1.08. The number of hydrogen-bond donors (Lipinski definition) is 2. The maximum atomic E-state index is 8.73. The Bertz CT molecular complexity index is 164. The molecule has 15 heavy (non-hydrogen) atoms. The van der Waals surface area contributed by atoms with Crippen molar-refractivity contribution in [3.05, 3.63) is 0 Å². The highest BCUT2D eigenvalue weighted by Gasteiger charge is 2.17. The lowest BCUT2D eigenvalue weighted by atomic mass is 9.98. The number of hydrogen-bond acceptors (Lipinski definition) is 3. The zero-order chi connectivity index (χ0) is 11.1. The molecule has 0 aliphatic carbocycles. The van der Waals surface area contributed by atoms with Gasteiger partial charge in [-0.15, -0.1) is 0 Å². The highest BCUT2D eigenvalue weighted by molar-refractivity contribution is 4.73. The van der Waals surface area contributed by atoms with Gasteiger partial charge in [0.2, 0.25) is 0 Å². The highest BCUT2D eigenvalue weighted by atomic mass is 16.2. The van der Waals surface area contributed by atoms with Gasteiger partial charge in [-0.1, -0.05) is 0 Å². The molecule has 0 aromatic heterocycles. The van der Waals surface area contributed by atoms with Crippen molar-refractivity contribution < 1.29 is 5.11 Å². The first-order valence-electron chi connectivity index (χ1n) is 6.25. The van der Waals surface area contributed by atoms with Crippen LogP contribution in [-0.4, -0.2) is 49.3 Å². The van der Waals surface area contributed by atoms with E-state index in [4.69, 9.17) is 5.11 Å². The van der Waals surface area contributed by atoms with Crippen LogP contribution in [0.15, 0.2) is 0 Å². The molecule has 1 aliphatic rings. The Balaban J connectivity index is 2.07. The van der Waals surface area contributed by atoms with Gasteiger partial charge in [0.15, 0.2) is 0 Å². The number of rotatable bonds is 6. The molecular weight excluding hydrogens is 188 g/mol. The van der Waals surface area contributed by atoms with E-state index in [0.717, 1.165) is 25.3 Å². The summed E-state index contributed by atoms with van der Waals surface area (Å²) in [5.41, 5.74) is 0. The summed E-state index contributed by atoms with van der Waals surface area (Å²) >= 11 is 0. The number of nitrogens with one attached hydrogen (secondary N) is 1. The summed E-state index contributed by atoms with van der Waals surface area (Å²) in [6.45, 7) is 6.16. The molecule has 2 unspecified atom stereocenters. The minimum atomic E-state index is 0.318. The zero-order valence-electron chi connectivity index (χ0n) is 10.2. The summed E-state index contributed by atoms with van der Waals surface area (Å²) in [4.78, 5) is 2.42. The Morgan fingerprint density at radius 3 is 3.00 bits per heavy atom. The number of aliphatic hydroxyl groups excluding tert-OH is 1. The van der Waals surface area contributed by atoms with Crippen LogP contribution >= 0.6 is 0 Å². The van der Waals surface area contributed by atoms with Gasteiger partial charge in [-0.05, 0) is 58.7 Å². The second-order valence-electron chi connectivity index (χ2n) is 4.95. The van der Waals surface area contributed by atoms with Crippen LogP contribution in [0.25, 0.3) is 0 Å². The van der Waals surface area contributed by atoms with Gasteiger partial charge in [0.05, 0.1) is 0 Å². The van der Waals surface area contributed by atoms with E-state index < -0.39 is 0 Å². The van der Waals surface area contributed by atoms with E-state index in [2.05, 4.69) is 24.2 Å². The SMILES string of the molecule is CC(CCCO)NCC1CCCN(C)C1. The molecule has 1 fully saturated rings. The molecule has 0 spiro atoms. The Morgan fingerprint density at radius 2 is 2.33 bits per heavy atom. The zero-order valence-corrected chi connectivity index (χ0v) is 10.2. The van der Waals surface area contributed by atoms with Crippen molar-refractivity contribution in [3.63, 3.8) is 0 Å². The fourth-order valence-electron chi connectivity index (χ4n) is 2.31. The van der Waals surface area contributed by atoms with Crippen molar-refractivity contribution in [1.29, 1.82) is 0 Å². The lowest BCUT2D eigenvalue weighted by Crippen LogP contribution is -2.39. The van der Waals surface area contributed by atoms with Gasteiger partial charge < -0.3 is 15.3 Å². The highest BCUT2D eigenvalue weighted by Crippen LogP contribution is 2.14. The van der Waals surface area contributed by atoms with Gasteiger partial charge in [0.25, 0.3) is 0 Å². The lowest BCUT2D eigenvalue weighted by molar-refractivity contribution is 0.201. The summed E-state index contributed by atoms with van der Waals surface area (Å²) < 4.78 is 0. The molecule has 2 N–H and O–H groups in total. The first-order valence-corrected chi connectivity index (χ1v) is 6.25. The van der Waals surface area contributed by atoms with Crippen LogP contribution in [0.3, 0.4) is 0 Å². The minimum Gasteiger partial charge on any atom is -0.396 e. The molecule has 0 bridgehead atoms. The maximum absolute atomic E-state index is 8.73. The van der Waals surface area contributed by atoms with Crippen LogP contribution in [0.4, 0.5) is 0 Å². The van der Waals surface area contributed by atoms with Gasteiger partial charge in [-0.2, -0.15) is 0 Å². The summed E-state index contributed by atoms with van der Waals surface area (Å²) in [5.74, 6) is 0.820. The molecule has 3 heteroatoms. The fraction of sp³-hybridized carbons (Fsp3) is 1.00. The molecule has 2 atom stereocenters. The molecule has 0 saturated carbocycles. The monoisotopic (exact) mass is 214 g/mol. The average molecular weight is 214 g/mol. The summed E-state index contributed by atoms with van der Waals surface area (Å²) in [6, 6.07) is 0.546. The topological polar surface area (TPSA) is 35.5 Å². The Kier molecular flexibility index (Phi) is 6.22. The Hall–Kier alpha value is -0.120. The second-order valence-corrected chi connectivity index (χ2v) is 4.95. The molecule has 1 rings (SSSR count). The van der Waals surface area contributed by atoms with E-state index in [-0.39, 0.29) is 0 Å². The smallest absolute Gasteiger partial charge is 0.0431 e. The van der Waals surface area contributed by atoms with E-state index in [1.165, 1.54) is 25.9 Å². The summed E-state index contributed by atoms with van der Waals surface area (Å²) in [5, 5.41) is 12.3. The normalized spacial score (nSPS) is 25.4. The molecule has 1 saturated heterocycles. The molecule has 90 valence electrons. The molecule has 0 aromatic carbocycles. The number of piperidine rings is 1. The van der Waals surface area contributed by atoms with Gasteiger partial charge >= 0.3 is 0 Å². The van der Waals surface area contributed by atoms with Gasteiger partial charge in [-0.25, -0.2) is 0 Å². The first kappa shape index (κ1) is 12.9. The van der Waals surface area contributed by atoms with E-state index in [1.807, 2.05) is 0 Å². The van der Waals surface area contributed by atoms with Crippen LogP contribution < -0.4 is 5.32 Å². The molecule has 1 heterocycles. The van der Waals surface area contributed by atoms with E-state index in [1.54, 1.807) is 0 Å². The van der Waals surface area contributed by atoms with Crippen molar-refractivity contribution in [1.82, 2.24) is 10.2 Å². The molecule has 0 radical (unpaired) electrons. The Labute approximate surface area is 93.9 Å². The Morgan fingerprint density at radius 1 is 1.53 bits per heavy atom. The summed E-state index contributed by atoms with van der Waals surface area (Å²) in [7, 11) is 2.21. The van der Waals surface area contributed by atoms with E-state index in [9.17, 15) is 0 Å². The van der Waals surface area contributed by atoms with Crippen molar-refractivity contribution in [2.45, 2.75) is 38.6 Å². The fourth-order valence-corrected chi connectivity index (χ4v) is 2.31. The van der Waals surface area contributed by atoms with Crippen LogP contribution in [0.2, 0.25) is 0 Å². The first-order chi connectivity index (χ1) is 7.22. The van der Waals surface area contributed by atoms with Crippen molar-refractivity contribution in [3.8, 4) is 0 Å². The van der Waals surface area contributed by atoms with Crippen LogP contribution in [0, 0.1) is 5.92 Å². The largest absolute Gasteiger partial charge is 0.396 e. The van der Waals surface area contributed by atoms with Crippen molar-refractivity contribution in [2.75, 3.05) is 33.3 Å². The van der Waals surface area contributed by atoms with Gasteiger partial charge in [0.1, 0.15) is 0 Å². The number of nitrogens with zero attached hydrogens (tertiary/aromatic N) is 1. The second kappa shape index (κ2) is 7.20. The lowest BCUT2D eigenvalue weighted by Gasteiger charge is -2.30. The van der Waals surface area contributed by atoms with Crippen molar-refractivity contribution in [2.24, 2.45) is 5.92 Å². The minimum absolute atomic E-state index is 0.318. The third-order valence-corrected chi connectivity index (χ3v) is 3.27. The van der Waals surface area contributed by atoms with Crippen molar-refractivity contribution >= 4 is 0 Å². The maximum Gasteiger partial charge on any atom is 0.0431 e. The number of likely N-dealkylation sites (tertiary alicyclic amines) is 1. The van der Waals surface area contributed by atoms with Gasteiger partial charge in [-0.3, -0.25) is 0 Å². The molecule has 0 amide bonds. The average Bonchev–Trinajstić information content (AvgIpc) is 2.23. The molecule has 1 aliphatic heterocycles.